The van der Waals surface area contributed by atoms with Crippen molar-refractivity contribution in [1.29, 1.82) is 0 Å². The Morgan fingerprint density at radius 1 is 1.07 bits per heavy atom. The number of H-pyrrole nitrogens is 1. The van der Waals surface area contributed by atoms with Crippen LogP contribution in [0, 0.1) is 0 Å². The van der Waals surface area contributed by atoms with Crippen molar-refractivity contribution in [1.82, 2.24) is 15.6 Å². The molecule has 2 rings (SSSR count). The number of nitrogens with one attached hydrogen (secondary N) is 3. The molecule has 5 N–H and O–H groups in total. The minimum absolute atomic E-state index is 0.0362. The van der Waals surface area contributed by atoms with Gasteiger partial charge in [0.2, 0.25) is 5.91 Å². The summed E-state index contributed by atoms with van der Waals surface area (Å²) in [6.07, 6.45) is 0.0720. The fourth-order valence-corrected chi connectivity index (χ4v) is 2.83. The van der Waals surface area contributed by atoms with Crippen LogP contribution in [0.3, 0.4) is 0 Å². The Morgan fingerprint density at radius 2 is 1.73 bits per heavy atom. The van der Waals surface area contributed by atoms with Crippen molar-refractivity contribution in [3.63, 3.8) is 0 Å². The van der Waals surface area contributed by atoms with Gasteiger partial charge in [0.15, 0.2) is 0 Å². The van der Waals surface area contributed by atoms with Gasteiger partial charge < -0.3 is 30.6 Å². The summed E-state index contributed by atoms with van der Waals surface area (Å²) in [6, 6.07) is 4.53. The molecule has 0 aliphatic heterocycles. The zero-order valence-electron chi connectivity index (χ0n) is 16.9. The molecule has 0 spiro atoms. The lowest BCUT2D eigenvalue weighted by Gasteiger charge is -2.24. The number of aliphatic carboxylic acids is 2. The number of aromatic nitrogens is 1. The van der Waals surface area contributed by atoms with Crippen LogP contribution in [0.4, 0.5) is 4.79 Å². The highest BCUT2D eigenvalue weighted by Gasteiger charge is 2.30. The van der Waals surface area contributed by atoms with E-state index in [4.69, 9.17) is 9.84 Å². The molecule has 10 heteroatoms. The van der Waals surface area contributed by atoms with Crippen LogP contribution in [0.5, 0.6) is 0 Å². The number of carboxylic acid groups (broad SMARTS) is 2. The van der Waals surface area contributed by atoms with Gasteiger partial charge in [-0.25, -0.2) is 9.59 Å². The van der Waals surface area contributed by atoms with Gasteiger partial charge in [0, 0.05) is 23.5 Å². The number of amides is 2. The van der Waals surface area contributed by atoms with Crippen molar-refractivity contribution in [3.05, 3.63) is 36.0 Å². The first-order chi connectivity index (χ1) is 14.0. The summed E-state index contributed by atoms with van der Waals surface area (Å²) in [5, 5.41) is 23.5. The predicted octanol–water partition coefficient (Wildman–Crippen LogP) is 1.65. The minimum atomic E-state index is -1.64. The van der Waals surface area contributed by atoms with E-state index in [2.05, 4.69) is 15.6 Å². The SMILES string of the molecule is CC(C)(C)OC(=O)N[C@@H](Cc1c[nH]c2ccccc12)C(=O)N[C@@H](CC(=O)O)C(=O)O. The van der Waals surface area contributed by atoms with Crippen molar-refractivity contribution >= 4 is 34.8 Å². The summed E-state index contributed by atoms with van der Waals surface area (Å²) in [6.45, 7) is 4.98. The lowest BCUT2D eigenvalue weighted by atomic mass is 10.0. The third kappa shape index (κ3) is 6.50. The van der Waals surface area contributed by atoms with E-state index in [0.29, 0.717) is 5.56 Å². The second-order valence-electron chi connectivity index (χ2n) is 7.76. The number of hydrogen-bond donors (Lipinski definition) is 5. The fraction of sp³-hybridized carbons (Fsp3) is 0.400. The van der Waals surface area contributed by atoms with Gasteiger partial charge >= 0.3 is 18.0 Å². The highest BCUT2D eigenvalue weighted by atomic mass is 16.6. The van der Waals surface area contributed by atoms with Crippen LogP contribution in [0.1, 0.15) is 32.8 Å². The van der Waals surface area contributed by atoms with E-state index in [1.165, 1.54) is 0 Å². The molecule has 0 radical (unpaired) electrons. The number of carboxylic acids is 2. The molecule has 30 heavy (non-hydrogen) atoms. The van der Waals surface area contributed by atoms with Crippen LogP contribution in [-0.2, 0) is 25.5 Å². The number of fused-ring (bicyclic) bond motifs is 1. The molecule has 0 aliphatic rings. The fourth-order valence-electron chi connectivity index (χ4n) is 2.83. The first-order valence-corrected chi connectivity index (χ1v) is 9.25. The molecule has 0 bridgehead atoms. The van der Waals surface area contributed by atoms with E-state index in [-0.39, 0.29) is 6.42 Å². The number of carbonyl (C=O) groups is 4. The third-order valence-electron chi connectivity index (χ3n) is 4.10. The molecule has 1 aromatic heterocycles. The number of ether oxygens (including phenoxy) is 1. The first kappa shape index (κ1) is 22.7. The maximum absolute atomic E-state index is 12.8. The summed E-state index contributed by atoms with van der Waals surface area (Å²) in [5.41, 5.74) is 0.740. The van der Waals surface area contributed by atoms with Gasteiger partial charge in [-0.1, -0.05) is 18.2 Å². The largest absolute Gasteiger partial charge is 0.481 e. The van der Waals surface area contributed by atoms with E-state index < -0.39 is 48.0 Å². The lowest BCUT2D eigenvalue weighted by molar-refractivity contribution is -0.147. The molecule has 0 saturated carbocycles. The van der Waals surface area contributed by atoms with E-state index >= 15 is 0 Å². The quantitative estimate of drug-likeness (QED) is 0.435. The molecule has 162 valence electrons. The van der Waals surface area contributed by atoms with Gasteiger partial charge in [-0.15, -0.1) is 0 Å². The highest BCUT2D eigenvalue weighted by Crippen LogP contribution is 2.19. The topological polar surface area (TPSA) is 158 Å². The number of aromatic amines is 1. The minimum Gasteiger partial charge on any atom is -0.481 e. The number of rotatable bonds is 8. The molecule has 1 heterocycles. The molecule has 2 aromatic rings. The summed E-state index contributed by atoms with van der Waals surface area (Å²) < 4.78 is 5.19. The van der Waals surface area contributed by atoms with Crippen molar-refractivity contribution in [2.75, 3.05) is 0 Å². The highest BCUT2D eigenvalue weighted by molar-refractivity contribution is 5.92. The second-order valence-corrected chi connectivity index (χ2v) is 7.76. The number of para-hydroxylation sites is 1. The summed E-state index contributed by atoms with van der Waals surface area (Å²) in [5.74, 6) is -3.70. The predicted molar refractivity (Wildman–Crippen MR) is 107 cm³/mol. The molecule has 0 aliphatic carbocycles. The van der Waals surface area contributed by atoms with Crippen LogP contribution < -0.4 is 10.6 Å². The lowest BCUT2D eigenvalue weighted by Crippen LogP contribution is -2.53. The molecule has 0 unspecified atom stereocenters. The van der Waals surface area contributed by atoms with Gasteiger partial charge in [-0.05, 0) is 32.4 Å². The Kier molecular flexibility index (Phi) is 7.04. The molecule has 2 amide bonds. The molecule has 0 fully saturated rings. The molecular formula is C20H25N3O7. The maximum atomic E-state index is 12.8. The Hall–Kier alpha value is -3.56. The zero-order chi connectivity index (χ0) is 22.5. The monoisotopic (exact) mass is 419 g/mol. The third-order valence-corrected chi connectivity index (χ3v) is 4.10. The van der Waals surface area contributed by atoms with Crippen molar-refractivity contribution in [3.8, 4) is 0 Å². The van der Waals surface area contributed by atoms with Crippen molar-refractivity contribution in [2.45, 2.75) is 51.3 Å². The first-order valence-electron chi connectivity index (χ1n) is 9.25. The molecular weight excluding hydrogens is 394 g/mol. The smallest absolute Gasteiger partial charge is 0.408 e. The van der Waals surface area contributed by atoms with E-state index in [0.717, 1.165) is 10.9 Å². The normalized spacial score (nSPS) is 13.3. The van der Waals surface area contributed by atoms with Gasteiger partial charge in [0.25, 0.3) is 0 Å². The van der Waals surface area contributed by atoms with E-state index in [1.54, 1.807) is 27.0 Å². The summed E-state index contributed by atoms with van der Waals surface area (Å²) >= 11 is 0. The Balaban J connectivity index is 2.25. The number of hydrogen-bond acceptors (Lipinski definition) is 5. The number of alkyl carbamates (subject to hydrolysis) is 1. The Labute approximate surface area is 172 Å². The number of benzene rings is 1. The molecule has 2 atom stereocenters. The van der Waals surface area contributed by atoms with Crippen LogP contribution >= 0.6 is 0 Å². The van der Waals surface area contributed by atoms with Crippen LogP contribution in [0.25, 0.3) is 10.9 Å². The van der Waals surface area contributed by atoms with Gasteiger partial charge in [0.1, 0.15) is 17.7 Å². The Morgan fingerprint density at radius 3 is 2.33 bits per heavy atom. The molecule has 1 aromatic carbocycles. The average molecular weight is 419 g/mol. The summed E-state index contributed by atoms with van der Waals surface area (Å²) in [4.78, 5) is 50.2. The van der Waals surface area contributed by atoms with E-state index in [9.17, 15) is 24.3 Å². The molecule has 10 nitrogen and oxygen atoms in total. The van der Waals surface area contributed by atoms with Gasteiger partial charge in [-0.3, -0.25) is 9.59 Å². The Bertz CT molecular complexity index is 945. The molecule has 0 saturated heterocycles. The second kappa shape index (κ2) is 9.29. The number of carbonyl (C=O) groups excluding carboxylic acids is 2. The van der Waals surface area contributed by atoms with Crippen molar-refractivity contribution in [2.24, 2.45) is 0 Å². The van der Waals surface area contributed by atoms with Crippen LogP contribution in [-0.4, -0.2) is 56.8 Å². The zero-order valence-corrected chi connectivity index (χ0v) is 16.9. The van der Waals surface area contributed by atoms with E-state index in [1.807, 2.05) is 24.3 Å². The van der Waals surface area contributed by atoms with Gasteiger partial charge in [0.05, 0.1) is 6.42 Å². The average Bonchev–Trinajstić information content (AvgIpc) is 3.01. The standard InChI is InChI=1S/C20H25N3O7/c1-20(2,3)30-19(29)23-14(17(26)22-15(18(27)28)9-16(24)25)8-11-10-21-13-7-5-4-6-12(11)13/h4-7,10,14-15,21H,8-9H2,1-3H3,(H,22,26)(H,23,29)(H,24,25)(H,27,28)/t14-,15-/m0/s1. The van der Waals surface area contributed by atoms with Crippen LogP contribution in [0.2, 0.25) is 0 Å². The maximum Gasteiger partial charge on any atom is 0.408 e. The summed E-state index contributed by atoms with van der Waals surface area (Å²) in [7, 11) is 0. The van der Waals surface area contributed by atoms with Crippen molar-refractivity contribution < 1.29 is 34.1 Å². The van der Waals surface area contributed by atoms with Gasteiger partial charge in [-0.2, -0.15) is 0 Å². The van der Waals surface area contributed by atoms with Crippen LogP contribution in [0.15, 0.2) is 30.5 Å².